The van der Waals surface area contributed by atoms with E-state index < -0.39 is 0 Å². The second kappa shape index (κ2) is 5.28. The van der Waals surface area contributed by atoms with Crippen molar-refractivity contribution in [1.82, 2.24) is 20.3 Å². The van der Waals surface area contributed by atoms with Crippen LogP contribution in [0.25, 0.3) is 0 Å². The Kier molecular flexibility index (Phi) is 3.38. The molecule has 4 rings (SSSR count). The van der Waals surface area contributed by atoms with Gasteiger partial charge in [-0.2, -0.15) is 0 Å². The molecule has 2 aliphatic rings. The molecule has 0 bridgehead atoms. The Hall–Kier alpha value is -1.53. The van der Waals surface area contributed by atoms with Crippen LogP contribution < -0.4 is 10.9 Å². The number of nitrogens with zero attached hydrogens (tertiary/aromatic N) is 2. The third kappa shape index (κ3) is 2.30. The molecule has 1 aliphatic heterocycles. The predicted octanol–water partition coefficient (Wildman–Crippen LogP) is 2.04. The van der Waals surface area contributed by atoms with Crippen LogP contribution in [0, 0.1) is 0 Å². The number of aromatic amines is 1. The molecule has 0 unspecified atom stereocenters. The first kappa shape index (κ1) is 14.1. The molecule has 1 fully saturated rings. The fourth-order valence-electron chi connectivity index (χ4n) is 3.22. The standard InChI is InChI=1S/C16H17BrN4O/c17-11-6-10(7-19-8-11)16(3-4-16)15-20-13-2-1-5-18-9-12(13)14(22)21-15/h6-8,18H,1-5,9H2,(H,20,21,22). The fourth-order valence-corrected chi connectivity index (χ4v) is 3.58. The summed E-state index contributed by atoms with van der Waals surface area (Å²) in [5.41, 5.74) is 2.72. The van der Waals surface area contributed by atoms with Crippen molar-refractivity contribution in [3.8, 4) is 0 Å². The minimum atomic E-state index is -0.162. The summed E-state index contributed by atoms with van der Waals surface area (Å²) in [5.74, 6) is 0.804. The van der Waals surface area contributed by atoms with Gasteiger partial charge in [-0.1, -0.05) is 0 Å². The summed E-state index contributed by atoms with van der Waals surface area (Å²) in [6.45, 7) is 1.55. The summed E-state index contributed by atoms with van der Waals surface area (Å²) >= 11 is 3.48. The van der Waals surface area contributed by atoms with Crippen molar-refractivity contribution in [3.63, 3.8) is 0 Å². The molecule has 0 spiro atoms. The third-order valence-electron chi connectivity index (χ3n) is 4.63. The van der Waals surface area contributed by atoms with Crippen molar-refractivity contribution in [2.75, 3.05) is 6.54 Å². The first-order chi connectivity index (χ1) is 10.7. The SMILES string of the molecule is O=c1[nH]c(C2(c3cncc(Br)c3)CC2)nc2c1CNCCC2. The molecule has 0 amide bonds. The summed E-state index contributed by atoms with van der Waals surface area (Å²) in [4.78, 5) is 24.6. The highest BCUT2D eigenvalue weighted by atomic mass is 79.9. The molecule has 3 heterocycles. The number of hydrogen-bond donors (Lipinski definition) is 2. The van der Waals surface area contributed by atoms with Gasteiger partial charge in [-0.15, -0.1) is 0 Å². The lowest BCUT2D eigenvalue weighted by Crippen LogP contribution is -2.26. The topological polar surface area (TPSA) is 70.7 Å². The van der Waals surface area contributed by atoms with Gasteiger partial charge >= 0.3 is 0 Å². The molecule has 0 atom stereocenters. The molecule has 0 saturated heterocycles. The van der Waals surface area contributed by atoms with Gasteiger partial charge < -0.3 is 10.3 Å². The van der Waals surface area contributed by atoms with E-state index in [0.29, 0.717) is 6.54 Å². The monoisotopic (exact) mass is 360 g/mol. The van der Waals surface area contributed by atoms with Crippen molar-refractivity contribution in [3.05, 3.63) is 55.9 Å². The van der Waals surface area contributed by atoms with E-state index in [0.717, 1.165) is 59.3 Å². The quantitative estimate of drug-likeness (QED) is 0.859. The molecule has 2 aromatic rings. The molecular weight excluding hydrogens is 344 g/mol. The van der Waals surface area contributed by atoms with Gasteiger partial charge in [-0.05, 0) is 59.8 Å². The lowest BCUT2D eigenvalue weighted by Gasteiger charge is -2.16. The van der Waals surface area contributed by atoms with Crippen LogP contribution in [0.15, 0.2) is 27.7 Å². The zero-order chi connectivity index (χ0) is 15.2. The summed E-state index contributed by atoms with van der Waals surface area (Å²) in [5, 5.41) is 3.28. The predicted molar refractivity (Wildman–Crippen MR) is 86.8 cm³/mol. The van der Waals surface area contributed by atoms with E-state index in [9.17, 15) is 4.79 Å². The van der Waals surface area contributed by atoms with E-state index >= 15 is 0 Å². The van der Waals surface area contributed by atoms with Gasteiger partial charge in [0.25, 0.3) is 5.56 Å². The molecule has 0 radical (unpaired) electrons. The Balaban J connectivity index is 1.82. The van der Waals surface area contributed by atoms with Crippen LogP contribution in [0.4, 0.5) is 0 Å². The molecule has 2 N–H and O–H groups in total. The average Bonchev–Trinajstić information content (AvgIpc) is 3.32. The largest absolute Gasteiger partial charge is 0.312 e. The van der Waals surface area contributed by atoms with Gasteiger partial charge in [0, 0.05) is 23.4 Å². The summed E-state index contributed by atoms with van der Waals surface area (Å²) in [6, 6.07) is 2.08. The number of fused-ring (bicyclic) bond motifs is 1. The third-order valence-corrected chi connectivity index (χ3v) is 5.06. The number of halogens is 1. The van der Waals surface area contributed by atoms with E-state index in [-0.39, 0.29) is 11.0 Å². The Bertz CT molecular complexity index is 782. The number of aryl methyl sites for hydroxylation is 1. The Labute approximate surface area is 136 Å². The highest BCUT2D eigenvalue weighted by Gasteiger charge is 2.49. The zero-order valence-electron chi connectivity index (χ0n) is 12.2. The molecule has 5 nitrogen and oxygen atoms in total. The number of nitrogens with one attached hydrogen (secondary N) is 2. The van der Waals surface area contributed by atoms with Crippen molar-refractivity contribution < 1.29 is 0 Å². The van der Waals surface area contributed by atoms with E-state index in [1.54, 1.807) is 6.20 Å². The summed E-state index contributed by atoms with van der Waals surface area (Å²) in [6.07, 6.45) is 7.56. The molecule has 22 heavy (non-hydrogen) atoms. The first-order valence-corrected chi connectivity index (χ1v) is 8.43. The molecule has 6 heteroatoms. The maximum atomic E-state index is 12.4. The smallest absolute Gasteiger partial charge is 0.255 e. The Morgan fingerprint density at radius 3 is 2.91 bits per heavy atom. The van der Waals surface area contributed by atoms with Crippen molar-refractivity contribution in [2.24, 2.45) is 0 Å². The number of aromatic nitrogens is 3. The van der Waals surface area contributed by atoms with Crippen LogP contribution in [0.3, 0.4) is 0 Å². The minimum absolute atomic E-state index is 0.00336. The van der Waals surface area contributed by atoms with E-state index in [2.05, 4.69) is 37.3 Å². The molecule has 1 aliphatic carbocycles. The van der Waals surface area contributed by atoms with Crippen LogP contribution in [0.1, 0.15) is 41.9 Å². The van der Waals surface area contributed by atoms with E-state index in [4.69, 9.17) is 4.98 Å². The number of H-pyrrole nitrogens is 1. The average molecular weight is 361 g/mol. The van der Waals surface area contributed by atoms with Gasteiger partial charge in [-0.25, -0.2) is 4.98 Å². The minimum Gasteiger partial charge on any atom is -0.312 e. The summed E-state index contributed by atoms with van der Waals surface area (Å²) in [7, 11) is 0. The highest BCUT2D eigenvalue weighted by Crippen LogP contribution is 2.52. The second-order valence-corrected chi connectivity index (χ2v) is 7.01. The Morgan fingerprint density at radius 1 is 1.27 bits per heavy atom. The van der Waals surface area contributed by atoms with Gasteiger partial charge in [-0.3, -0.25) is 9.78 Å². The maximum Gasteiger partial charge on any atom is 0.255 e. The van der Waals surface area contributed by atoms with E-state index in [1.165, 1.54) is 0 Å². The van der Waals surface area contributed by atoms with Crippen LogP contribution in [-0.2, 0) is 18.4 Å². The number of pyridine rings is 1. The molecule has 0 aromatic carbocycles. The lowest BCUT2D eigenvalue weighted by molar-refractivity contribution is 0.678. The van der Waals surface area contributed by atoms with Crippen LogP contribution in [0.2, 0.25) is 0 Å². The highest BCUT2D eigenvalue weighted by molar-refractivity contribution is 9.10. The molecule has 2 aromatic heterocycles. The zero-order valence-corrected chi connectivity index (χ0v) is 13.7. The van der Waals surface area contributed by atoms with Gasteiger partial charge in [0.15, 0.2) is 0 Å². The van der Waals surface area contributed by atoms with Crippen LogP contribution in [-0.4, -0.2) is 21.5 Å². The fraction of sp³-hybridized carbons (Fsp3) is 0.438. The molecular formula is C16H17BrN4O. The normalized spacial score (nSPS) is 19.3. The summed E-state index contributed by atoms with van der Waals surface area (Å²) < 4.78 is 0.956. The first-order valence-electron chi connectivity index (χ1n) is 7.63. The maximum absolute atomic E-state index is 12.4. The van der Waals surface area contributed by atoms with Crippen molar-refractivity contribution >= 4 is 15.9 Å². The van der Waals surface area contributed by atoms with Crippen LogP contribution >= 0.6 is 15.9 Å². The second-order valence-electron chi connectivity index (χ2n) is 6.09. The Morgan fingerprint density at radius 2 is 2.14 bits per heavy atom. The molecule has 114 valence electrons. The van der Waals surface area contributed by atoms with Crippen LogP contribution in [0.5, 0.6) is 0 Å². The number of rotatable bonds is 2. The van der Waals surface area contributed by atoms with Gasteiger partial charge in [0.1, 0.15) is 5.82 Å². The lowest BCUT2D eigenvalue weighted by atomic mass is 9.96. The van der Waals surface area contributed by atoms with Crippen molar-refractivity contribution in [1.29, 1.82) is 0 Å². The molecule has 1 saturated carbocycles. The van der Waals surface area contributed by atoms with Gasteiger partial charge in [0.05, 0.1) is 16.7 Å². The van der Waals surface area contributed by atoms with E-state index in [1.807, 2.05) is 6.20 Å². The van der Waals surface area contributed by atoms with Crippen molar-refractivity contribution in [2.45, 2.75) is 37.6 Å². The number of hydrogen-bond acceptors (Lipinski definition) is 4. The van der Waals surface area contributed by atoms with Gasteiger partial charge in [0.2, 0.25) is 0 Å².